The van der Waals surface area contributed by atoms with Crippen LogP contribution in [-0.2, 0) is 4.74 Å². The lowest BCUT2D eigenvalue weighted by Gasteiger charge is -2.22. The average Bonchev–Trinajstić information content (AvgIpc) is 2.53. The molecule has 120 valence electrons. The highest BCUT2D eigenvalue weighted by molar-refractivity contribution is 5.64. The summed E-state index contributed by atoms with van der Waals surface area (Å²) in [5.41, 5.74) is 1.73. The van der Waals surface area contributed by atoms with Crippen molar-refractivity contribution in [1.29, 1.82) is 0 Å². The van der Waals surface area contributed by atoms with Gasteiger partial charge in [0, 0.05) is 5.56 Å². The van der Waals surface area contributed by atoms with E-state index in [0.29, 0.717) is 5.56 Å². The van der Waals surface area contributed by atoms with Crippen LogP contribution in [0, 0.1) is 23.3 Å². The second-order valence-corrected chi connectivity index (χ2v) is 5.62. The quantitative estimate of drug-likeness (QED) is 0.511. The number of allylic oxidation sites excluding steroid dienone is 1. The Morgan fingerprint density at radius 1 is 0.957 bits per heavy atom. The summed E-state index contributed by atoms with van der Waals surface area (Å²) in [5.74, 6) is -4.90. The zero-order valence-electron chi connectivity index (χ0n) is 12.4. The fraction of sp³-hybridized carbons (Fsp3) is 0.222. The number of halogens is 4. The van der Waals surface area contributed by atoms with Crippen LogP contribution in [0.1, 0.15) is 31.4 Å². The average molecular weight is 322 g/mol. The number of ether oxygens (including phenoxy) is 1. The lowest BCUT2D eigenvalue weighted by molar-refractivity contribution is 0.120. The van der Waals surface area contributed by atoms with Crippen LogP contribution in [0.5, 0.6) is 0 Å². The van der Waals surface area contributed by atoms with E-state index in [2.05, 4.69) is 0 Å². The molecule has 1 aliphatic rings. The van der Waals surface area contributed by atoms with Crippen molar-refractivity contribution in [1.82, 2.24) is 0 Å². The minimum atomic E-state index is -1.57. The molecule has 0 aliphatic carbocycles. The van der Waals surface area contributed by atoms with Gasteiger partial charge in [0.25, 0.3) is 0 Å². The van der Waals surface area contributed by atoms with Gasteiger partial charge in [-0.15, -0.1) is 0 Å². The molecule has 23 heavy (non-hydrogen) atoms. The summed E-state index contributed by atoms with van der Waals surface area (Å²) in [6.07, 6.45) is 3.01. The van der Waals surface area contributed by atoms with E-state index in [4.69, 9.17) is 4.74 Å². The standard InChI is InChI=1S/C18H14F4O/c1-10-2-5-17(23-9-10)11-3-4-13(14(19)6-11)12-7-15(20)18(22)16(21)8-12/h3-4,6-9,17H,2,5H2,1H3. The topological polar surface area (TPSA) is 9.23 Å². The monoisotopic (exact) mass is 322 g/mol. The fourth-order valence-electron chi connectivity index (χ4n) is 2.61. The van der Waals surface area contributed by atoms with E-state index in [9.17, 15) is 17.6 Å². The lowest BCUT2D eigenvalue weighted by atomic mass is 9.97. The summed E-state index contributed by atoms with van der Waals surface area (Å²) in [5, 5.41) is 0. The third-order valence-electron chi connectivity index (χ3n) is 3.89. The van der Waals surface area contributed by atoms with Gasteiger partial charge in [-0.05, 0) is 54.7 Å². The minimum absolute atomic E-state index is 0.00841. The molecule has 0 N–H and O–H groups in total. The second kappa shape index (κ2) is 6.07. The molecule has 5 heteroatoms. The Labute approximate surface area is 131 Å². The van der Waals surface area contributed by atoms with Crippen molar-refractivity contribution in [2.45, 2.75) is 25.9 Å². The number of rotatable bonds is 2. The van der Waals surface area contributed by atoms with Gasteiger partial charge in [0.15, 0.2) is 17.5 Å². The minimum Gasteiger partial charge on any atom is -0.493 e. The maximum atomic E-state index is 14.3. The summed E-state index contributed by atoms with van der Waals surface area (Å²) < 4.78 is 59.5. The van der Waals surface area contributed by atoms with Gasteiger partial charge in [-0.1, -0.05) is 12.1 Å². The predicted molar refractivity (Wildman–Crippen MR) is 78.5 cm³/mol. The van der Waals surface area contributed by atoms with Gasteiger partial charge >= 0.3 is 0 Å². The molecule has 2 aromatic rings. The molecule has 0 aromatic heterocycles. The SMILES string of the molecule is CC1=COC(c2ccc(-c3cc(F)c(F)c(F)c3)c(F)c2)CC1. The molecule has 0 spiro atoms. The molecule has 0 amide bonds. The Morgan fingerprint density at radius 2 is 1.65 bits per heavy atom. The first-order valence-corrected chi connectivity index (χ1v) is 7.21. The van der Waals surface area contributed by atoms with Gasteiger partial charge in [0.1, 0.15) is 11.9 Å². The first-order valence-electron chi connectivity index (χ1n) is 7.21. The zero-order chi connectivity index (χ0) is 16.6. The molecule has 1 nitrogen and oxygen atoms in total. The van der Waals surface area contributed by atoms with Crippen molar-refractivity contribution in [3.05, 3.63) is 71.0 Å². The molecular formula is C18H14F4O. The molecule has 1 heterocycles. The van der Waals surface area contributed by atoms with E-state index >= 15 is 0 Å². The van der Waals surface area contributed by atoms with Crippen molar-refractivity contribution in [2.75, 3.05) is 0 Å². The zero-order valence-corrected chi connectivity index (χ0v) is 12.4. The van der Waals surface area contributed by atoms with Gasteiger partial charge in [-0.3, -0.25) is 0 Å². The summed E-state index contributed by atoms with van der Waals surface area (Å²) in [4.78, 5) is 0. The first-order chi connectivity index (χ1) is 11.0. The van der Waals surface area contributed by atoms with Crippen molar-refractivity contribution < 1.29 is 22.3 Å². The Balaban J connectivity index is 1.94. The van der Waals surface area contributed by atoms with Gasteiger partial charge in [-0.2, -0.15) is 0 Å². The van der Waals surface area contributed by atoms with Crippen molar-refractivity contribution in [2.24, 2.45) is 0 Å². The maximum Gasteiger partial charge on any atom is 0.194 e. The first kappa shape index (κ1) is 15.6. The van der Waals surface area contributed by atoms with Gasteiger partial charge < -0.3 is 4.74 Å². The number of hydrogen-bond acceptors (Lipinski definition) is 1. The van der Waals surface area contributed by atoms with Crippen LogP contribution in [-0.4, -0.2) is 0 Å². The van der Waals surface area contributed by atoms with E-state index < -0.39 is 23.3 Å². The highest BCUT2D eigenvalue weighted by Gasteiger charge is 2.19. The summed E-state index contributed by atoms with van der Waals surface area (Å²) in [6, 6.07) is 5.91. The van der Waals surface area contributed by atoms with Crippen LogP contribution >= 0.6 is 0 Å². The van der Waals surface area contributed by atoms with Crippen LogP contribution < -0.4 is 0 Å². The molecule has 0 radical (unpaired) electrons. The third-order valence-corrected chi connectivity index (χ3v) is 3.89. The third kappa shape index (κ3) is 3.09. The van der Waals surface area contributed by atoms with E-state index in [1.165, 1.54) is 12.1 Å². The van der Waals surface area contributed by atoms with Gasteiger partial charge in [0.2, 0.25) is 0 Å². The van der Waals surface area contributed by atoms with Crippen LogP contribution in [0.2, 0.25) is 0 Å². The molecule has 1 atom stereocenters. The number of benzene rings is 2. The van der Waals surface area contributed by atoms with Crippen LogP contribution in [0.25, 0.3) is 11.1 Å². The Hall–Kier alpha value is -2.30. The highest BCUT2D eigenvalue weighted by atomic mass is 19.2. The molecule has 1 aliphatic heterocycles. The molecule has 0 saturated carbocycles. The van der Waals surface area contributed by atoms with E-state index in [0.717, 1.165) is 30.5 Å². The van der Waals surface area contributed by atoms with Crippen LogP contribution in [0.3, 0.4) is 0 Å². The van der Waals surface area contributed by atoms with Crippen LogP contribution in [0.15, 0.2) is 42.2 Å². The summed E-state index contributed by atoms with van der Waals surface area (Å²) in [6.45, 7) is 1.96. The largest absolute Gasteiger partial charge is 0.493 e. The Bertz CT molecular complexity index is 760. The van der Waals surface area contributed by atoms with E-state index in [1.54, 1.807) is 12.3 Å². The van der Waals surface area contributed by atoms with Gasteiger partial charge in [0.05, 0.1) is 6.26 Å². The Kier molecular flexibility index (Phi) is 4.11. The normalized spacial score (nSPS) is 17.6. The molecule has 0 fully saturated rings. The molecule has 3 rings (SSSR count). The molecular weight excluding hydrogens is 308 g/mol. The molecule has 0 bridgehead atoms. The van der Waals surface area contributed by atoms with Crippen LogP contribution in [0.4, 0.5) is 17.6 Å². The van der Waals surface area contributed by atoms with E-state index in [-0.39, 0.29) is 17.2 Å². The Morgan fingerprint density at radius 3 is 2.22 bits per heavy atom. The second-order valence-electron chi connectivity index (χ2n) is 5.62. The lowest BCUT2D eigenvalue weighted by Crippen LogP contribution is -2.06. The summed E-state index contributed by atoms with van der Waals surface area (Å²) in [7, 11) is 0. The van der Waals surface area contributed by atoms with Crippen molar-refractivity contribution in [3.8, 4) is 11.1 Å². The van der Waals surface area contributed by atoms with Crippen molar-refractivity contribution in [3.63, 3.8) is 0 Å². The molecule has 0 saturated heterocycles. The fourth-order valence-corrected chi connectivity index (χ4v) is 2.61. The maximum absolute atomic E-state index is 14.3. The van der Waals surface area contributed by atoms with Gasteiger partial charge in [-0.25, -0.2) is 17.6 Å². The van der Waals surface area contributed by atoms with E-state index in [1.807, 2.05) is 6.92 Å². The summed E-state index contributed by atoms with van der Waals surface area (Å²) >= 11 is 0. The number of hydrogen-bond donors (Lipinski definition) is 0. The molecule has 2 aromatic carbocycles. The van der Waals surface area contributed by atoms with Crippen molar-refractivity contribution >= 4 is 0 Å². The molecule has 1 unspecified atom stereocenters. The smallest absolute Gasteiger partial charge is 0.194 e. The predicted octanol–water partition coefficient (Wildman–Crippen LogP) is 5.67. The highest BCUT2D eigenvalue weighted by Crippen LogP contribution is 2.33.